The predicted octanol–water partition coefficient (Wildman–Crippen LogP) is 6.38. The van der Waals surface area contributed by atoms with Crippen LogP contribution in [0, 0.1) is 0 Å². The first-order valence-electron chi connectivity index (χ1n) is 9.15. The summed E-state index contributed by atoms with van der Waals surface area (Å²) in [5.41, 5.74) is 5.25. The maximum atomic E-state index is 9.85. The molecule has 4 aromatic rings. The van der Waals surface area contributed by atoms with Gasteiger partial charge in [0, 0.05) is 22.5 Å². The van der Waals surface area contributed by atoms with Crippen LogP contribution in [0.15, 0.2) is 120 Å². The number of benzene rings is 4. The van der Waals surface area contributed by atoms with Crippen molar-refractivity contribution in [1.29, 1.82) is 0 Å². The molecule has 136 valence electrons. The van der Waals surface area contributed by atoms with Crippen molar-refractivity contribution >= 4 is 22.8 Å². The van der Waals surface area contributed by atoms with Crippen molar-refractivity contribution in [1.82, 2.24) is 0 Å². The average molecular weight is 364 g/mol. The van der Waals surface area contributed by atoms with E-state index < -0.39 is 0 Å². The second-order valence-corrected chi connectivity index (χ2v) is 6.34. The zero-order valence-corrected chi connectivity index (χ0v) is 15.3. The second kappa shape index (κ2) is 8.23. The van der Waals surface area contributed by atoms with Gasteiger partial charge >= 0.3 is 0 Å². The highest BCUT2D eigenvalue weighted by Gasteiger charge is 2.19. The molecule has 0 aliphatic heterocycles. The Morgan fingerprint density at radius 2 is 1.04 bits per heavy atom. The zero-order chi connectivity index (χ0) is 19.2. The van der Waals surface area contributed by atoms with Gasteiger partial charge in [0.15, 0.2) is 0 Å². The van der Waals surface area contributed by atoms with E-state index in [1.165, 1.54) is 0 Å². The van der Waals surface area contributed by atoms with Gasteiger partial charge in [-0.2, -0.15) is 0 Å². The van der Waals surface area contributed by atoms with Crippen LogP contribution in [0.25, 0.3) is 0 Å². The molecule has 0 aliphatic carbocycles. The van der Waals surface area contributed by atoms with Crippen LogP contribution in [0.3, 0.4) is 0 Å². The molecule has 0 atom stereocenters. The first kappa shape index (κ1) is 17.6. The van der Waals surface area contributed by atoms with E-state index in [0.717, 1.165) is 28.2 Å². The normalized spacial score (nSPS) is 11.2. The summed E-state index contributed by atoms with van der Waals surface area (Å²) in [6.45, 7) is 0. The molecule has 0 unspecified atom stereocenters. The molecule has 0 fully saturated rings. The second-order valence-electron chi connectivity index (χ2n) is 6.34. The molecular formula is C25H20N2O. The summed E-state index contributed by atoms with van der Waals surface area (Å²) in [6, 6.07) is 38.1. The Kier molecular flexibility index (Phi) is 5.16. The van der Waals surface area contributed by atoms with Gasteiger partial charge in [-0.05, 0) is 30.3 Å². The molecule has 4 aromatic carbocycles. The Labute approximate surface area is 164 Å². The van der Waals surface area contributed by atoms with Crippen LogP contribution in [0.5, 0.6) is 0 Å². The van der Waals surface area contributed by atoms with E-state index >= 15 is 0 Å². The number of hydrogen-bond acceptors (Lipinski definition) is 3. The van der Waals surface area contributed by atoms with Gasteiger partial charge in [0.1, 0.15) is 5.71 Å². The number of para-hydroxylation sites is 3. The molecule has 0 saturated carbocycles. The molecule has 3 nitrogen and oxygen atoms in total. The minimum Gasteiger partial charge on any atom is -0.410 e. The molecule has 0 aromatic heterocycles. The van der Waals surface area contributed by atoms with E-state index in [4.69, 9.17) is 0 Å². The van der Waals surface area contributed by atoms with Crippen molar-refractivity contribution in [2.24, 2.45) is 5.16 Å². The van der Waals surface area contributed by atoms with Crippen molar-refractivity contribution < 1.29 is 5.21 Å². The van der Waals surface area contributed by atoms with Crippen molar-refractivity contribution in [3.63, 3.8) is 0 Å². The number of rotatable bonds is 5. The van der Waals surface area contributed by atoms with E-state index in [1.807, 2.05) is 91.0 Å². The van der Waals surface area contributed by atoms with Crippen LogP contribution in [0.1, 0.15) is 11.1 Å². The Bertz CT molecular complexity index is 1020. The van der Waals surface area contributed by atoms with E-state index in [2.05, 4.69) is 34.3 Å². The topological polar surface area (TPSA) is 35.8 Å². The summed E-state index contributed by atoms with van der Waals surface area (Å²) >= 11 is 0. The van der Waals surface area contributed by atoms with E-state index in [0.29, 0.717) is 5.71 Å². The maximum absolute atomic E-state index is 9.85. The monoisotopic (exact) mass is 364 g/mol. The van der Waals surface area contributed by atoms with Crippen LogP contribution in [-0.2, 0) is 0 Å². The quantitative estimate of drug-likeness (QED) is 0.253. The lowest BCUT2D eigenvalue weighted by Gasteiger charge is -2.27. The average Bonchev–Trinajstić information content (AvgIpc) is 2.78. The van der Waals surface area contributed by atoms with E-state index in [9.17, 15) is 5.21 Å². The SMILES string of the molecule is O/N=C(/c1ccccc1)c1ccccc1N(c1ccccc1)c1ccccc1. The van der Waals surface area contributed by atoms with Gasteiger partial charge in [0.25, 0.3) is 0 Å². The Balaban J connectivity index is 1.92. The lowest BCUT2D eigenvalue weighted by Crippen LogP contribution is -2.15. The fourth-order valence-electron chi connectivity index (χ4n) is 3.31. The van der Waals surface area contributed by atoms with Gasteiger partial charge in [-0.25, -0.2) is 0 Å². The lowest BCUT2D eigenvalue weighted by atomic mass is 9.99. The van der Waals surface area contributed by atoms with Gasteiger partial charge in [-0.15, -0.1) is 0 Å². The van der Waals surface area contributed by atoms with Crippen LogP contribution < -0.4 is 4.90 Å². The molecular weight excluding hydrogens is 344 g/mol. The molecule has 0 amide bonds. The highest BCUT2D eigenvalue weighted by molar-refractivity contribution is 6.16. The van der Waals surface area contributed by atoms with Gasteiger partial charge in [-0.1, -0.05) is 90.1 Å². The van der Waals surface area contributed by atoms with Crippen molar-refractivity contribution in [2.75, 3.05) is 4.90 Å². The molecule has 28 heavy (non-hydrogen) atoms. The van der Waals surface area contributed by atoms with Crippen LogP contribution in [0.4, 0.5) is 17.1 Å². The summed E-state index contributed by atoms with van der Waals surface area (Å²) in [7, 11) is 0. The Morgan fingerprint density at radius 3 is 1.57 bits per heavy atom. The fraction of sp³-hybridized carbons (Fsp3) is 0. The third kappa shape index (κ3) is 3.51. The summed E-state index contributed by atoms with van der Waals surface area (Å²) in [6.07, 6.45) is 0. The largest absolute Gasteiger partial charge is 0.410 e. The van der Waals surface area contributed by atoms with Gasteiger partial charge in [-0.3, -0.25) is 0 Å². The maximum Gasteiger partial charge on any atom is 0.119 e. The summed E-state index contributed by atoms with van der Waals surface area (Å²) < 4.78 is 0. The Hall–Kier alpha value is -3.85. The van der Waals surface area contributed by atoms with Crippen LogP contribution >= 0.6 is 0 Å². The van der Waals surface area contributed by atoms with E-state index in [-0.39, 0.29) is 0 Å². The molecule has 0 bridgehead atoms. The highest BCUT2D eigenvalue weighted by atomic mass is 16.4. The molecule has 0 heterocycles. The van der Waals surface area contributed by atoms with Gasteiger partial charge < -0.3 is 10.1 Å². The van der Waals surface area contributed by atoms with E-state index in [1.54, 1.807) is 0 Å². The third-order valence-electron chi connectivity index (χ3n) is 4.58. The zero-order valence-electron chi connectivity index (χ0n) is 15.3. The molecule has 3 heteroatoms. The highest BCUT2D eigenvalue weighted by Crippen LogP contribution is 2.37. The predicted molar refractivity (Wildman–Crippen MR) is 115 cm³/mol. The minimum absolute atomic E-state index is 0.535. The van der Waals surface area contributed by atoms with Gasteiger partial charge in [0.2, 0.25) is 0 Å². The minimum atomic E-state index is 0.535. The molecule has 0 spiro atoms. The van der Waals surface area contributed by atoms with Crippen LogP contribution in [0.2, 0.25) is 0 Å². The molecule has 1 N–H and O–H groups in total. The van der Waals surface area contributed by atoms with Crippen molar-refractivity contribution in [2.45, 2.75) is 0 Å². The summed E-state index contributed by atoms with van der Waals surface area (Å²) in [5.74, 6) is 0. The fourth-order valence-corrected chi connectivity index (χ4v) is 3.31. The first-order valence-corrected chi connectivity index (χ1v) is 9.15. The third-order valence-corrected chi connectivity index (χ3v) is 4.58. The smallest absolute Gasteiger partial charge is 0.119 e. The first-order chi connectivity index (χ1) is 13.9. The molecule has 0 radical (unpaired) electrons. The molecule has 0 saturated heterocycles. The number of anilines is 3. The molecule has 0 aliphatic rings. The lowest BCUT2D eigenvalue weighted by molar-refractivity contribution is 0.319. The summed E-state index contributed by atoms with van der Waals surface area (Å²) in [4.78, 5) is 2.17. The number of oxime groups is 1. The number of nitrogens with zero attached hydrogens (tertiary/aromatic N) is 2. The van der Waals surface area contributed by atoms with Crippen LogP contribution in [-0.4, -0.2) is 10.9 Å². The van der Waals surface area contributed by atoms with Gasteiger partial charge in [0.05, 0.1) is 5.69 Å². The molecule has 4 rings (SSSR count). The number of hydrogen-bond donors (Lipinski definition) is 1. The standard InChI is InChI=1S/C25H20N2O/c28-26-25(20-12-4-1-5-13-20)23-18-10-11-19-24(23)27(21-14-6-2-7-15-21)22-16-8-3-9-17-22/h1-19,28H/b26-25-. The summed E-state index contributed by atoms with van der Waals surface area (Å²) in [5, 5.41) is 13.5. The van der Waals surface area contributed by atoms with Crippen molar-refractivity contribution in [3.05, 3.63) is 126 Å². The Morgan fingerprint density at radius 1 is 0.571 bits per heavy atom. The van der Waals surface area contributed by atoms with Crippen molar-refractivity contribution in [3.8, 4) is 0 Å².